The molecule has 0 fully saturated rings. The van der Waals surface area contributed by atoms with E-state index in [9.17, 15) is 19.8 Å². The van der Waals surface area contributed by atoms with Gasteiger partial charge in [0.05, 0.1) is 0 Å². The third-order valence-electron chi connectivity index (χ3n) is 4.34. The summed E-state index contributed by atoms with van der Waals surface area (Å²) < 4.78 is 26.2. The number of hydrogen-bond acceptors (Lipinski definition) is 10. The van der Waals surface area contributed by atoms with Crippen LogP contribution in [0.5, 0.6) is 0 Å². The quantitative estimate of drug-likeness (QED) is 0.179. The smallest absolute Gasteiger partial charge is 0.460 e. The fourth-order valence-corrected chi connectivity index (χ4v) is 4.33. The van der Waals surface area contributed by atoms with Crippen LogP contribution >= 0.6 is 0 Å². The van der Waals surface area contributed by atoms with Crippen molar-refractivity contribution in [2.24, 2.45) is 0 Å². The van der Waals surface area contributed by atoms with Gasteiger partial charge < -0.3 is 33.0 Å². The van der Waals surface area contributed by atoms with Crippen LogP contribution in [-0.2, 0) is 32.3 Å². The molecule has 0 radical (unpaired) electrons. The Morgan fingerprint density at radius 1 is 0.871 bits per heavy atom. The van der Waals surface area contributed by atoms with Crippen molar-refractivity contribution >= 4 is 20.7 Å². The van der Waals surface area contributed by atoms with Crippen molar-refractivity contribution in [2.75, 3.05) is 54.2 Å². The van der Waals surface area contributed by atoms with E-state index in [-0.39, 0.29) is 37.4 Å². The van der Waals surface area contributed by atoms with E-state index >= 15 is 0 Å². The van der Waals surface area contributed by atoms with Crippen LogP contribution in [-0.4, -0.2) is 102 Å². The third kappa shape index (κ3) is 12.1. The summed E-state index contributed by atoms with van der Waals surface area (Å²) in [5, 5.41) is 20.5. The number of ether oxygens (including phenoxy) is 2. The summed E-state index contributed by atoms with van der Waals surface area (Å²) in [6, 6.07) is 0.522. The van der Waals surface area contributed by atoms with Crippen LogP contribution in [0.15, 0.2) is 24.3 Å². The lowest BCUT2D eigenvalue weighted by atomic mass is 10.2. The van der Waals surface area contributed by atoms with Crippen molar-refractivity contribution in [3.63, 3.8) is 0 Å². The zero-order chi connectivity index (χ0) is 24.0. The van der Waals surface area contributed by atoms with Gasteiger partial charge in [-0.1, -0.05) is 13.2 Å². The number of carbonyl (C=O) groups is 2. The molecule has 0 aliphatic carbocycles. The van der Waals surface area contributed by atoms with Gasteiger partial charge in [0, 0.05) is 51.6 Å². The van der Waals surface area contributed by atoms with E-state index < -0.39 is 33.0 Å². The van der Waals surface area contributed by atoms with E-state index in [1.165, 1.54) is 35.2 Å². The maximum absolute atomic E-state index is 11.5. The molecule has 0 aliphatic rings. The Labute approximate surface area is 185 Å². The average Bonchev–Trinajstić information content (AvgIpc) is 2.73. The van der Waals surface area contributed by atoms with Crippen molar-refractivity contribution in [1.82, 2.24) is 4.90 Å². The molecular weight excluding hydrogens is 426 g/mol. The Bertz CT molecular complexity index is 549. The molecule has 0 aliphatic heterocycles. The Kier molecular flexibility index (Phi) is 14.5. The summed E-state index contributed by atoms with van der Waals surface area (Å²) in [5.74, 6) is -1.18. The van der Waals surface area contributed by atoms with Gasteiger partial charge in [0.25, 0.3) is 0 Å². The van der Waals surface area contributed by atoms with Gasteiger partial charge in [-0.05, 0) is 26.8 Å². The highest BCUT2D eigenvalue weighted by Gasteiger charge is 2.37. The summed E-state index contributed by atoms with van der Waals surface area (Å²) >= 11 is 0. The number of nitrogens with zero attached hydrogens (tertiary/aromatic N) is 1. The molecule has 0 aromatic rings. The molecule has 0 amide bonds. The lowest BCUT2D eigenvalue weighted by molar-refractivity contribution is -0.142. The predicted octanol–water partition coefficient (Wildman–Crippen LogP) is 0.517. The summed E-state index contributed by atoms with van der Waals surface area (Å²) in [4.78, 5) is 24.8. The molecule has 11 heteroatoms. The molecule has 0 spiro atoms. The Morgan fingerprint density at radius 3 is 1.58 bits per heavy atom. The van der Waals surface area contributed by atoms with E-state index in [0.717, 1.165) is 0 Å². The highest BCUT2D eigenvalue weighted by Crippen LogP contribution is 2.15. The Hall–Kier alpha value is -1.60. The zero-order valence-corrected chi connectivity index (χ0v) is 20.2. The van der Waals surface area contributed by atoms with Crippen molar-refractivity contribution < 1.29 is 42.6 Å². The Balaban J connectivity index is 4.90. The van der Waals surface area contributed by atoms with Crippen LogP contribution in [0.25, 0.3) is 0 Å². The number of hydrogen-bond donors (Lipinski definition) is 2. The largest absolute Gasteiger partial charge is 0.500 e. The van der Waals surface area contributed by atoms with Crippen LogP contribution in [0.1, 0.15) is 20.3 Å². The van der Waals surface area contributed by atoms with Crippen molar-refractivity contribution in [2.45, 2.75) is 38.5 Å². The van der Waals surface area contributed by atoms with Crippen LogP contribution in [0.2, 0.25) is 6.04 Å². The average molecular weight is 464 g/mol. The second-order valence-electron chi connectivity index (χ2n) is 7.22. The summed E-state index contributed by atoms with van der Waals surface area (Å²) in [7, 11) is 1.81. The minimum Gasteiger partial charge on any atom is -0.460 e. The molecule has 10 nitrogen and oxygen atoms in total. The van der Waals surface area contributed by atoms with Crippen molar-refractivity contribution in [3.05, 3.63) is 24.3 Å². The Morgan fingerprint density at radius 2 is 1.26 bits per heavy atom. The number of esters is 2. The minimum atomic E-state index is -2.76. The van der Waals surface area contributed by atoms with E-state index in [1.807, 2.05) is 0 Å². The second-order valence-corrected chi connectivity index (χ2v) is 10.3. The fourth-order valence-electron chi connectivity index (χ4n) is 2.62. The molecule has 0 aromatic heterocycles. The first-order valence-electron chi connectivity index (χ1n) is 9.89. The molecule has 180 valence electrons. The van der Waals surface area contributed by atoms with E-state index in [1.54, 1.807) is 4.90 Å². The second kappa shape index (κ2) is 15.2. The molecule has 0 heterocycles. The summed E-state index contributed by atoms with van der Waals surface area (Å²) in [6.07, 6.45) is -1.37. The van der Waals surface area contributed by atoms with E-state index in [0.29, 0.717) is 19.0 Å². The maximum Gasteiger partial charge on any atom is 0.500 e. The van der Waals surface area contributed by atoms with Crippen LogP contribution in [0.4, 0.5) is 0 Å². The van der Waals surface area contributed by atoms with Gasteiger partial charge in [-0.15, -0.1) is 0 Å². The SMILES string of the molecule is C=C(C)C(=O)OCC(O)CN(CCC[Si](OC)(OC)OC)CC(O)COC(=O)C(=C)C. The number of aliphatic hydroxyl groups is 2. The lowest BCUT2D eigenvalue weighted by Crippen LogP contribution is -2.45. The number of rotatable bonds is 17. The lowest BCUT2D eigenvalue weighted by Gasteiger charge is -2.29. The first-order chi connectivity index (χ1) is 14.5. The van der Waals surface area contributed by atoms with E-state index in [4.69, 9.17) is 22.8 Å². The monoisotopic (exact) mass is 463 g/mol. The zero-order valence-electron chi connectivity index (χ0n) is 19.2. The molecule has 0 saturated heterocycles. The molecule has 2 unspecified atom stereocenters. The van der Waals surface area contributed by atoms with Gasteiger partial charge in [-0.3, -0.25) is 4.90 Å². The van der Waals surface area contributed by atoms with Crippen LogP contribution in [0, 0.1) is 0 Å². The van der Waals surface area contributed by atoms with E-state index in [2.05, 4.69) is 13.2 Å². The number of carbonyl (C=O) groups excluding carboxylic acids is 2. The minimum absolute atomic E-state index is 0.121. The topological polar surface area (TPSA) is 124 Å². The van der Waals surface area contributed by atoms with Crippen LogP contribution in [0.3, 0.4) is 0 Å². The summed E-state index contributed by atoms with van der Waals surface area (Å²) in [5.41, 5.74) is 0.470. The molecule has 0 rings (SSSR count). The van der Waals surface area contributed by atoms with Gasteiger partial charge in [-0.25, -0.2) is 9.59 Å². The van der Waals surface area contributed by atoms with Gasteiger partial charge in [0.2, 0.25) is 0 Å². The van der Waals surface area contributed by atoms with Gasteiger partial charge in [0.1, 0.15) is 25.4 Å². The summed E-state index contributed by atoms with van der Waals surface area (Å²) in [6.45, 7) is 10.3. The van der Waals surface area contributed by atoms with Crippen molar-refractivity contribution in [3.8, 4) is 0 Å². The van der Waals surface area contributed by atoms with Gasteiger partial charge in [-0.2, -0.15) is 0 Å². The molecule has 2 atom stereocenters. The molecule has 31 heavy (non-hydrogen) atoms. The van der Waals surface area contributed by atoms with Crippen LogP contribution < -0.4 is 0 Å². The highest BCUT2D eigenvalue weighted by molar-refractivity contribution is 6.60. The normalized spacial score (nSPS) is 13.5. The van der Waals surface area contributed by atoms with Gasteiger partial charge >= 0.3 is 20.7 Å². The maximum atomic E-state index is 11.5. The first-order valence-corrected chi connectivity index (χ1v) is 11.8. The number of aliphatic hydroxyl groups excluding tert-OH is 2. The fraction of sp³-hybridized carbons (Fsp3) is 0.700. The highest BCUT2D eigenvalue weighted by atomic mass is 28.4. The van der Waals surface area contributed by atoms with Gasteiger partial charge in [0.15, 0.2) is 0 Å². The molecular formula is C20H37NO9Si. The standard InChI is InChI=1S/C20H37NO9Si/c1-15(2)19(24)29-13-17(22)11-21(9-8-10-31(26-5,27-6)28-7)12-18(23)14-30-20(25)16(3)4/h17-18,22-23H,1,3,8-14H2,2,4-7H3. The molecule has 0 saturated carbocycles. The predicted molar refractivity (Wildman–Crippen MR) is 116 cm³/mol. The first kappa shape index (κ1) is 29.4. The third-order valence-corrected chi connectivity index (χ3v) is 7.17. The van der Waals surface area contributed by atoms with Crippen molar-refractivity contribution in [1.29, 1.82) is 0 Å². The molecule has 2 N–H and O–H groups in total. The molecule has 0 bridgehead atoms. The molecule has 0 aromatic carbocycles.